The van der Waals surface area contributed by atoms with Crippen LogP contribution >= 0.6 is 0 Å². The Hall–Kier alpha value is -1.64. The van der Waals surface area contributed by atoms with E-state index in [1.807, 2.05) is 0 Å². The van der Waals surface area contributed by atoms with Crippen LogP contribution in [0.2, 0.25) is 0 Å². The second-order valence-electron chi connectivity index (χ2n) is 6.19. The Morgan fingerprint density at radius 3 is 1.36 bits per heavy atom. The van der Waals surface area contributed by atoms with Crippen LogP contribution in [0.3, 0.4) is 0 Å². The molecule has 0 heterocycles. The molecule has 22 heavy (non-hydrogen) atoms. The number of hydrogen-bond acceptors (Lipinski definition) is 2. The number of rotatable bonds is 7. The van der Waals surface area contributed by atoms with Gasteiger partial charge in [-0.2, -0.15) is 0 Å². The topological polar surface area (TPSA) is 24.1 Å². The Bertz CT molecular complexity index is 562. The van der Waals surface area contributed by atoms with Crippen molar-refractivity contribution in [3.05, 3.63) is 69.8 Å². The lowest BCUT2D eigenvalue weighted by atomic mass is 10.1. The molecule has 0 amide bonds. The van der Waals surface area contributed by atoms with E-state index in [4.69, 9.17) is 0 Å². The first-order valence-electron chi connectivity index (χ1n) is 8.10. The van der Waals surface area contributed by atoms with Crippen LogP contribution in [0, 0.1) is 27.7 Å². The molecule has 2 aromatic rings. The Balaban J connectivity index is 1.65. The maximum Gasteiger partial charge on any atom is 0.0206 e. The summed E-state index contributed by atoms with van der Waals surface area (Å²) in [6.07, 6.45) is 0. The molecular weight excluding hydrogens is 268 g/mol. The van der Waals surface area contributed by atoms with Crippen molar-refractivity contribution in [2.24, 2.45) is 0 Å². The van der Waals surface area contributed by atoms with E-state index >= 15 is 0 Å². The molecule has 0 aliphatic rings. The Kier molecular flexibility index (Phi) is 6.17. The van der Waals surface area contributed by atoms with E-state index < -0.39 is 0 Å². The van der Waals surface area contributed by atoms with Crippen molar-refractivity contribution >= 4 is 0 Å². The normalized spacial score (nSPS) is 10.9. The molecule has 0 saturated heterocycles. The van der Waals surface area contributed by atoms with Gasteiger partial charge in [-0.05, 0) is 61.1 Å². The van der Waals surface area contributed by atoms with Gasteiger partial charge in [0.25, 0.3) is 0 Å². The second kappa shape index (κ2) is 8.11. The van der Waals surface area contributed by atoms with Gasteiger partial charge >= 0.3 is 0 Å². The molecule has 0 unspecified atom stereocenters. The standard InChI is InChI=1S/C20H28N2/c1-15-5-7-19(11-17(15)3)13-21-9-10-22-14-20-8-6-16(2)18(4)12-20/h5-8,11-12,21-22H,9-10,13-14H2,1-4H3. The molecule has 0 radical (unpaired) electrons. The zero-order chi connectivity index (χ0) is 15.9. The highest BCUT2D eigenvalue weighted by Crippen LogP contribution is 2.10. The highest BCUT2D eigenvalue weighted by molar-refractivity contribution is 5.30. The van der Waals surface area contributed by atoms with Crippen LogP contribution < -0.4 is 10.6 Å². The van der Waals surface area contributed by atoms with Crippen molar-refractivity contribution in [3.8, 4) is 0 Å². The van der Waals surface area contributed by atoms with Crippen LogP contribution in [0.15, 0.2) is 36.4 Å². The number of hydrogen-bond donors (Lipinski definition) is 2. The molecule has 0 aromatic heterocycles. The van der Waals surface area contributed by atoms with Crippen LogP contribution in [0.1, 0.15) is 33.4 Å². The molecule has 2 heteroatoms. The van der Waals surface area contributed by atoms with Crippen molar-refractivity contribution in [1.82, 2.24) is 10.6 Å². The molecule has 0 aliphatic heterocycles. The van der Waals surface area contributed by atoms with Gasteiger partial charge in [0.1, 0.15) is 0 Å². The van der Waals surface area contributed by atoms with Gasteiger partial charge in [-0.25, -0.2) is 0 Å². The molecule has 118 valence electrons. The Labute approximate surface area is 135 Å². The van der Waals surface area contributed by atoms with Crippen LogP contribution in [-0.2, 0) is 13.1 Å². The highest BCUT2D eigenvalue weighted by atomic mass is 14.9. The van der Waals surface area contributed by atoms with E-state index in [1.165, 1.54) is 33.4 Å². The van der Waals surface area contributed by atoms with Gasteiger partial charge < -0.3 is 10.6 Å². The van der Waals surface area contributed by atoms with E-state index in [0.717, 1.165) is 26.2 Å². The maximum atomic E-state index is 3.49. The molecule has 0 bridgehead atoms. The van der Waals surface area contributed by atoms with Crippen molar-refractivity contribution < 1.29 is 0 Å². The summed E-state index contributed by atoms with van der Waals surface area (Å²) in [6, 6.07) is 13.3. The third kappa shape index (κ3) is 4.97. The lowest BCUT2D eigenvalue weighted by Gasteiger charge is -2.09. The first-order valence-corrected chi connectivity index (χ1v) is 8.10. The summed E-state index contributed by atoms with van der Waals surface area (Å²) in [5.74, 6) is 0. The van der Waals surface area contributed by atoms with Crippen molar-refractivity contribution in [1.29, 1.82) is 0 Å². The van der Waals surface area contributed by atoms with E-state index in [0.29, 0.717) is 0 Å². The summed E-state index contributed by atoms with van der Waals surface area (Å²) in [7, 11) is 0. The Morgan fingerprint density at radius 2 is 1.00 bits per heavy atom. The summed E-state index contributed by atoms with van der Waals surface area (Å²) in [6.45, 7) is 12.5. The fraction of sp³-hybridized carbons (Fsp3) is 0.400. The predicted octanol–water partition coefficient (Wildman–Crippen LogP) is 3.80. The molecule has 2 aromatic carbocycles. The molecule has 2 rings (SSSR count). The largest absolute Gasteiger partial charge is 0.311 e. The number of nitrogens with one attached hydrogen (secondary N) is 2. The second-order valence-corrected chi connectivity index (χ2v) is 6.19. The van der Waals surface area contributed by atoms with Crippen LogP contribution in [0.4, 0.5) is 0 Å². The minimum Gasteiger partial charge on any atom is -0.311 e. The predicted molar refractivity (Wildman–Crippen MR) is 95.2 cm³/mol. The van der Waals surface area contributed by atoms with Gasteiger partial charge in [-0.1, -0.05) is 36.4 Å². The van der Waals surface area contributed by atoms with E-state index in [1.54, 1.807) is 0 Å². The average Bonchev–Trinajstić information content (AvgIpc) is 2.50. The monoisotopic (exact) mass is 296 g/mol. The van der Waals surface area contributed by atoms with E-state index in [9.17, 15) is 0 Å². The molecule has 0 fully saturated rings. The lowest BCUT2D eigenvalue weighted by Crippen LogP contribution is -2.26. The van der Waals surface area contributed by atoms with Crippen LogP contribution in [0.5, 0.6) is 0 Å². The molecule has 0 spiro atoms. The van der Waals surface area contributed by atoms with Gasteiger partial charge in [0, 0.05) is 26.2 Å². The first kappa shape index (κ1) is 16.7. The van der Waals surface area contributed by atoms with Gasteiger partial charge in [0.15, 0.2) is 0 Å². The summed E-state index contributed by atoms with van der Waals surface area (Å²) in [5.41, 5.74) is 8.17. The molecule has 0 aliphatic carbocycles. The lowest BCUT2D eigenvalue weighted by molar-refractivity contribution is 0.611. The fourth-order valence-corrected chi connectivity index (χ4v) is 2.47. The van der Waals surface area contributed by atoms with Crippen molar-refractivity contribution in [2.75, 3.05) is 13.1 Å². The molecule has 2 N–H and O–H groups in total. The van der Waals surface area contributed by atoms with Gasteiger partial charge in [-0.15, -0.1) is 0 Å². The first-order chi connectivity index (χ1) is 10.6. The molecule has 0 saturated carbocycles. The SMILES string of the molecule is Cc1ccc(CNCCNCc2ccc(C)c(C)c2)cc1C. The summed E-state index contributed by atoms with van der Waals surface area (Å²) in [5, 5.41) is 6.99. The van der Waals surface area contributed by atoms with Gasteiger partial charge in [0.2, 0.25) is 0 Å². The van der Waals surface area contributed by atoms with Crippen molar-refractivity contribution in [3.63, 3.8) is 0 Å². The van der Waals surface area contributed by atoms with Crippen molar-refractivity contribution in [2.45, 2.75) is 40.8 Å². The van der Waals surface area contributed by atoms with Crippen LogP contribution in [0.25, 0.3) is 0 Å². The highest BCUT2D eigenvalue weighted by Gasteiger charge is 1.98. The van der Waals surface area contributed by atoms with E-state index in [2.05, 4.69) is 74.7 Å². The van der Waals surface area contributed by atoms with Crippen LogP contribution in [-0.4, -0.2) is 13.1 Å². The zero-order valence-corrected chi connectivity index (χ0v) is 14.3. The summed E-state index contributed by atoms with van der Waals surface area (Å²) >= 11 is 0. The average molecular weight is 296 g/mol. The molecular formula is C20H28N2. The minimum absolute atomic E-state index is 0.937. The third-order valence-corrected chi connectivity index (χ3v) is 4.28. The summed E-state index contributed by atoms with van der Waals surface area (Å²) in [4.78, 5) is 0. The summed E-state index contributed by atoms with van der Waals surface area (Å²) < 4.78 is 0. The third-order valence-electron chi connectivity index (χ3n) is 4.28. The number of benzene rings is 2. The maximum absolute atomic E-state index is 3.49. The fourth-order valence-electron chi connectivity index (χ4n) is 2.47. The quantitative estimate of drug-likeness (QED) is 0.759. The Morgan fingerprint density at radius 1 is 0.591 bits per heavy atom. The smallest absolute Gasteiger partial charge is 0.0206 e. The minimum atomic E-state index is 0.937. The van der Waals surface area contributed by atoms with Gasteiger partial charge in [-0.3, -0.25) is 0 Å². The molecule has 0 atom stereocenters. The number of aryl methyl sites for hydroxylation is 4. The van der Waals surface area contributed by atoms with E-state index in [-0.39, 0.29) is 0 Å². The zero-order valence-electron chi connectivity index (χ0n) is 14.3. The molecule has 2 nitrogen and oxygen atoms in total. The van der Waals surface area contributed by atoms with Gasteiger partial charge in [0.05, 0.1) is 0 Å².